The molecule has 3 heterocycles. The molecule has 10 nitrogen and oxygen atoms in total. The molecule has 0 atom stereocenters. The van der Waals surface area contributed by atoms with E-state index in [1.54, 1.807) is 30.1 Å². The van der Waals surface area contributed by atoms with Gasteiger partial charge in [-0.1, -0.05) is 23.4 Å². The summed E-state index contributed by atoms with van der Waals surface area (Å²) < 4.78 is 4.50. The number of fused-ring (bicyclic) bond motifs is 1. The molecule has 0 aliphatic heterocycles. The number of nitrogens with zero attached hydrogens (tertiary/aromatic N) is 7. The lowest BCUT2D eigenvalue weighted by atomic mass is 10.2. The molecule has 0 aliphatic carbocycles. The van der Waals surface area contributed by atoms with Gasteiger partial charge in [0.1, 0.15) is 18.4 Å². The first-order chi connectivity index (χ1) is 13.0. The van der Waals surface area contributed by atoms with E-state index in [1.807, 2.05) is 24.3 Å². The van der Waals surface area contributed by atoms with Gasteiger partial charge in [0.25, 0.3) is 5.56 Å². The zero-order chi connectivity index (χ0) is 19.0. The minimum absolute atomic E-state index is 0.0898. The van der Waals surface area contributed by atoms with Gasteiger partial charge in [-0.25, -0.2) is 14.2 Å². The third-order valence-corrected chi connectivity index (χ3v) is 4.35. The van der Waals surface area contributed by atoms with Crippen LogP contribution in [0.1, 0.15) is 11.5 Å². The van der Waals surface area contributed by atoms with Crippen LogP contribution in [0.25, 0.3) is 10.8 Å². The molecule has 4 aromatic rings. The summed E-state index contributed by atoms with van der Waals surface area (Å²) in [5.74, 6) is 0.397. The van der Waals surface area contributed by atoms with E-state index in [1.165, 1.54) is 15.4 Å². The highest BCUT2D eigenvalue weighted by Gasteiger charge is 2.17. The normalized spacial score (nSPS) is 11.1. The Morgan fingerprint density at radius 2 is 2.00 bits per heavy atom. The second-order valence-corrected chi connectivity index (χ2v) is 6.09. The lowest BCUT2D eigenvalue weighted by molar-refractivity contribution is -0.391. The van der Waals surface area contributed by atoms with Gasteiger partial charge < -0.3 is 14.7 Å². The van der Waals surface area contributed by atoms with E-state index in [2.05, 4.69) is 15.3 Å². The summed E-state index contributed by atoms with van der Waals surface area (Å²) in [5.41, 5.74) is 0.512. The van der Waals surface area contributed by atoms with Gasteiger partial charge in [-0.2, -0.15) is 0 Å². The molecule has 0 unspecified atom stereocenters. The summed E-state index contributed by atoms with van der Waals surface area (Å²) in [6, 6.07) is 9.28. The van der Waals surface area contributed by atoms with Crippen molar-refractivity contribution in [3.8, 4) is 0 Å². The van der Waals surface area contributed by atoms with Crippen LogP contribution in [0, 0.1) is 10.1 Å². The van der Waals surface area contributed by atoms with Gasteiger partial charge >= 0.3 is 5.82 Å². The number of nitro groups is 1. The fourth-order valence-corrected chi connectivity index (χ4v) is 2.92. The Balaban J connectivity index is 1.56. The quantitative estimate of drug-likeness (QED) is 0.389. The molecule has 3 aromatic heterocycles. The van der Waals surface area contributed by atoms with Crippen LogP contribution < -0.4 is 5.56 Å². The predicted octanol–water partition coefficient (Wildman–Crippen LogP) is 1.33. The number of benzene rings is 1. The first-order valence-corrected chi connectivity index (χ1v) is 8.15. The highest BCUT2D eigenvalue weighted by Crippen LogP contribution is 2.13. The van der Waals surface area contributed by atoms with Crippen molar-refractivity contribution >= 4 is 16.6 Å². The van der Waals surface area contributed by atoms with Crippen LogP contribution in [0.15, 0.2) is 53.7 Å². The van der Waals surface area contributed by atoms with Crippen molar-refractivity contribution in [2.24, 2.45) is 7.05 Å². The molecular weight excluding hydrogens is 350 g/mol. The maximum absolute atomic E-state index is 12.6. The average Bonchev–Trinajstić information content (AvgIpc) is 3.25. The van der Waals surface area contributed by atoms with Gasteiger partial charge in [-0.3, -0.25) is 4.79 Å². The molecule has 4 rings (SSSR count). The van der Waals surface area contributed by atoms with E-state index in [9.17, 15) is 14.9 Å². The second-order valence-electron chi connectivity index (χ2n) is 6.09. The number of hydrogen-bond acceptors (Lipinski definition) is 6. The molecule has 0 saturated carbocycles. The molecule has 0 spiro atoms. The fourth-order valence-electron chi connectivity index (χ4n) is 2.92. The van der Waals surface area contributed by atoms with Crippen LogP contribution in [0.4, 0.5) is 5.82 Å². The Morgan fingerprint density at radius 1 is 1.19 bits per heavy atom. The van der Waals surface area contributed by atoms with Gasteiger partial charge in [0, 0.05) is 11.6 Å². The fraction of sp³-hybridized carbons (Fsp3) is 0.176. The lowest BCUT2D eigenvalue weighted by Gasteiger charge is -2.04. The Bertz CT molecular complexity index is 1200. The van der Waals surface area contributed by atoms with Crippen molar-refractivity contribution < 1.29 is 4.92 Å². The number of hydrogen-bond donors (Lipinski definition) is 0. The van der Waals surface area contributed by atoms with E-state index < -0.39 is 4.92 Å². The van der Waals surface area contributed by atoms with Crippen LogP contribution in [0.5, 0.6) is 0 Å². The standard InChI is InChI=1S/C17H15N7O3/c1-21-15(18-8-16(21)24(26)27)11-23-10-13(19-20-23)9-22-7-6-12-4-2-3-5-14(12)17(22)25/h2-8,10H,9,11H2,1H3. The molecule has 136 valence electrons. The molecule has 0 N–H and O–H groups in total. The Kier molecular flexibility index (Phi) is 3.99. The summed E-state index contributed by atoms with van der Waals surface area (Å²) in [6.07, 6.45) is 4.63. The highest BCUT2D eigenvalue weighted by molar-refractivity contribution is 5.81. The van der Waals surface area contributed by atoms with E-state index in [-0.39, 0.29) is 24.5 Å². The maximum atomic E-state index is 12.6. The summed E-state index contributed by atoms with van der Waals surface area (Å²) >= 11 is 0. The number of imidazole rings is 1. The van der Waals surface area contributed by atoms with Crippen molar-refractivity contribution in [3.05, 3.63) is 80.9 Å². The SMILES string of the molecule is Cn1c([N+](=O)[O-])cnc1Cn1cc(Cn2ccc3ccccc3c2=O)nn1. The smallest absolute Gasteiger partial charge is 0.342 e. The van der Waals surface area contributed by atoms with Crippen LogP contribution in [-0.4, -0.2) is 34.0 Å². The van der Waals surface area contributed by atoms with Crippen molar-refractivity contribution in [1.29, 1.82) is 0 Å². The molecule has 0 bridgehead atoms. The maximum Gasteiger partial charge on any atom is 0.342 e. The third kappa shape index (κ3) is 3.08. The first-order valence-electron chi connectivity index (χ1n) is 8.15. The Hall–Kier alpha value is -3.82. The van der Waals surface area contributed by atoms with Crippen molar-refractivity contribution in [1.82, 2.24) is 29.1 Å². The zero-order valence-corrected chi connectivity index (χ0v) is 14.4. The Labute approximate surface area is 152 Å². The summed E-state index contributed by atoms with van der Waals surface area (Å²) in [7, 11) is 1.58. The lowest BCUT2D eigenvalue weighted by Crippen LogP contribution is -2.20. The second kappa shape index (κ2) is 6.48. The minimum atomic E-state index is -0.491. The first kappa shape index (κ1) is 16.6. The highest BCUT2D eigenvalue weighted by atomic mass is 16.6. The molecule has 0 radical (unpaired) electrons. The molecule has 1 aromatic carbocycles. The van der Waals surface area contributed by atoms with Gasteiger partial charge in [0.2, 0.25) is 5.82 Å². The molecule has 0 amide bonds. The van der Waals surface area contributed by atoms with Gasteiger partial charge in [-0.15, -0.1) is 5.10 Å². The van der Waals surface area contributed by atoms with E-state index >= 15 is 0 Å². The van der Waals surface area contributed by atoms with Gasteiger partial charge in [0.05, 0.1) is 19.8 Å². The van der Waals surface area contributed by atoms with Crippen LogP contribution in [0.2, 0.25) is 0 Å². The Morgan fingerprint density at radius 3 is 2.78 bits per heavy atom. The van der Waals surface area contributed by atoms with Crippen molar-refractivity contribution in [2.45, 2.75) is 13.1 Å². The summed E-state index contributed by atoms with van der Waals surface area (Å²) in [6.45, 7) is 0.522. The monoisotopic (exact) mass is 365 g/mol. The predicted molar refractivity (Wildman–Crippen MR) is 96.3 cm³/mol. The van der Waals surface area contributed by atoms with Crippen LogP contribution >= 0.6 is 0 Å². The van der Waals surface area contributed by atoms with E-state index in [0.717, 1.165) is 5.39 Å². The summed E-state index contributed by atoms with van der Waals surface area (Å²) in [5, 5.41) is 20.5. The van der Waals surface area contributed by atoms with Crippen LogP contribution in [-0.2, 0) is 20.1 Å². The van der Waals surface area contributed by atoms with E-state index in [0.29, 0.717) is 16.9 Å². The minimum Gasteiger partial charge on any atom is -0.358 e. The molecule has 27 heavy (non-hydrogen) atoms. The van der Waals surface area contributed by atoms with Gasteiger partial charge in [-0.05, 0) is 22.4 Å². The number of rotatable bonds is 5. The molecule has 10 heteroatoms. The molecule has 0 fully saturated rings. The number of aromatic nitrogens is 6. The zero-order valence-electron chi connectivity index (χ0n) is 14.4. The molecular formula is C17H15N7O3. The van der Waals surface area contributed by atoms with Crippen LogP contribution in [0.3, 0.4) is 0 Å². The molecule has 0 aliphatic rings. The number of pyridine rings is 1. The average molecular weight is 365 g/mol. The van der Waals surface area contributed by atoms with Crippen molar-refractivity contribution in [2.75, 3.05) is 0 Å². The van der Waals surface area contributed by atoms with E-state index in [4.69, 9.17) is 0 Å². The van der Waals surface area contributed by atoms with Crippen molar-refractivity contribution in [3.63, 3.8) is 0 Å². The largest absolute Gasteiger partial charge is 0.358 e. The van der Waals surface area contributed by atoms with Gasteiger partial charge in [0.15, 0.2) is 0 Å². The third-order valence-electron chi connectivity index (χ3n) is 4.35. The molecule has 0 saturated heterocycles. The summed E-state index contributed by atoms with van der Waals surface area (Å²) in [4.78, 5) is 27.0. The topological polar surface area (TPSA) is 114 Å².